The van der Waals surface area contributed by atoms with Crippen molar-refractivity contribution in [1.29, 1.82) is 0 Å². The summed E-state index contributed by atoms with van der Waals surface area (Å²) in [6.07, 6.45) is 5.65. The topological polar surface area (TPSA) is 79.2 Å². The molecule has 1 amide bonds. The standard InChI is InChI=1S/C14H17ClN4O2S/c1-22-18-13-6-11(15)5-12(7-13)17-14(21)10-8-16-19(9-10)3-2-4-20/h5-9,18,20H,2-4H2,1H3,(H,17,21). The van der Waals surface area contributed by atoms with Crippen LogP contribution in [-0.2, 0) is 6.54 Å². The van der Waals surface area contributed by atoms with Gasteiger partial charge < -0.3 is 15.1 Å². The predicted octanol–water partition coefficient (Wildman–Crippen LogP) is 2.86. The molecule has 0 saturated heterocycles. The molecule has 1 aromatic carbocycles. The number of aliphatic hydroxyl groups excluding tert-OH is 1. The zero-order valence-electron chi connectivity index (χ0n) is 12.0. The lowest BCUT2D eigenvalue weighted by Crippen LogP contribution is -2.11. The average Bonchev–Trinajstić information content (AvgIpc) is 2.93. The number of anilines is 2. The Morgan fingerprint density at radius 3 is 2.91 bits per heavy atom. The van der Waals surface area contributed by atoms with Gasteiger partial charge in [-0.25, -0.2) is 0 Å². The molecule has 6 nitrogen and oxygen atoms in total. The minimum Gasteiger partial charge on any atom is -0.396 e. The van der Waals surface area contributed by atoms with E-state index in [-0.39, 0.29) is 12.5 Å². The van der Waals surface area contributed by atoms with Crippen molar-refractivity contribution < 1.29 is 9.90 Å². The van der Waals surface area contributed by atoms with Crippen LogP contribution < -0.4 is 10.0 Å². The van der Waals surface area contributed by atoms with E-state index in [1.807, 2.05) is 6.26 Å². The molecule has 8 heteroatoms. The molecule has 2 aromatic rings. The highest BCUT2D eigenvalue weighted by atomic mass is 35.5. The highest BCUT2D eigenvalue weighted by Crippen LogP contribution is 2.24. The third-order valence-electron chi connectivity index (χ3n) is 2.82. The van der Waals surface area contributed by atoms with E-state index in [9.17, 15) is 4.79 Å². The molecule has 1 aromatic heterocycles. The number of rotatable bonds is 7. The number of hydrogen-bond donors (Lipinski definition) is 3. The number of nitrogens with zero attached hydrogens (tertiary/aromatic N) is 2. The lowest BCUT2D eigenvalue weighted by Gasteiger charge is -2.08. The lowest BCUT2D eigenvalue weighted by atomic mass is 10.2. The molecule has 0 saturated carbocycles. The molecular weight excluding hydrogens is 324 g/mol. The second kappa shape index (κ2) is 8.07. The number of aromatic nitrogens is 2. The number of halogens is 1. The fraction of sp³-hybridized carbons (Fsp3) is 0.286. The molecule has 22 heavy (non-hydrogen) atoms. The number of hydrogen-bond acceptors (Lipinski definition) is 5. The van der Waals surface area contributed by atoms with Crippen LogP contribution >= 0.6 is 23.5 Å². The van der Waals surface area contributed by atoms with Gasteiger partial charge in [-0.15, -0.1) is 0 Å². The summed E-state index contributed by atoms with van der Waals surface area (Å²) < 4.78 is 4.70. The van der Waals surface area contributed by atoms with Crippen molar-refractivity contribution in [1.82, 2.24) is 9.78 Å². The molecule has 118 valence electrons. The van der Waals surface area contributed by atoms with E-state index in [1.54, 1.807) is 29.1 Å². The Kier molecular flexibility index (Phi) is 6.11. The SMILES string of the molecule is CSNc1cc(Cl)cc(NC(=O)c2cnn(CCCO)c2)c1. The number of benzene rings is 1. The van der Waals surface area contributed by atoms with Crippen LogP contribution in [0.2, 0.25) is 5.02 Å². The number of aliphatic hydroxyl groups is 1. The first-order valence-corrected chi connectivity index (χ1v) is 8.27. The fourth-order valence-electron chi connectivity index (χ4n) is 1.88. The number of amides is 1. The Hall–Kier alpha value is -1.70. The van der Waals surface area contributed by atoms with E-state index in [4.69, 9.17) is 16.7 Å². The maximum atomic E-state index is 12.2. The van der Waals surface area contributed by atoms with Gasteiger partial charge in [-0.3, -0.25) is 9.48 Å². The maximum absolute atomic E-state index is 12.2. The first-order valence-electron chi connectivity index (χ1n) is 6.66. The molecule has 2 rings (SSSR count). The minimum atomic E-state index is -0.257. The zero-order valence-corrected chi connectivity index (χ0v) is 13.6. The van der Waals surface area contributed by atoms with Gasteiger partial charge in [0.2, 0.25) is 0 Å². The molecule has 0 radical (unpaired) electrons. The van der Waals surface area contributed by atoms with E-state index in [2.05, 4.69) is 15.1 Å². The summed E-state index contributed by atoms with van der Waals surface area (Å²) in [5.41, 5.74) is 1.88. The largest absolute Gasteiger partial charge is 0.396 e. The summed E-state index contributed by atoms with van der Waals surface area (Å²) in [5, 5.41) is 16.2. The predicted molar refractivity (Wildman–Crippen MR) is 90.5 cm³/mol. The molecule has 0 spiro atoms. The van der Waals surface area contributed by atoms with Crippen LogP contribution in [-0.4, -0.2) is 33.7 Å². The first kappa shape index (κ1) is 16.7. The molecule has 3 N–H and O–H groups in total. The number of aryl methyl sites for hydroxylation is 1. The van der Waals surface area contributed by atoms with Crippen molar-refractivity contribution in [3.63, 3.8) is 0 Å². The van der Waals surface area contributed by atoms with Gasteiger partial charge in [-0.05, 0) is 24.6 Å². The van der Waals surface area contributed by atoms with Crippen LogP contribution in [0.3, 0.4) is 0 Å². The van der Waals surface area contributed by atoms with Gasteiger partial charge >= 0.3 is 0 Å². The molecule has 0 unspecified atom stereocenters. The molecule has 0 aliphatic heterocycles. The Balaban J connectivity index is 2.06. The van der Waals surface area contributed by atoms with Crippen LogP contribution in [0.4, 0.5) is 11.4 Å². The van der Waals surface area contributed by atoms with Gasteiger partial charge in [0, 0.05) is 42.0 Å². The molecule has 0 aliphatic carbocycles. The van der Waals surface area contributed by atoms with Crippen LogP contribution in [0.25, 0.3) is 0 Å². The van der Waals surface area contributed by atoms with Crippen LogP contribution in [0.15, 0.2) is 30.6 Å². The van der Waals surface area contributed by atoms with Crippen LogP contribution in [0.5, 0.6) is 0 Å². The average molecular weight is 341 g/mol. The summed E-state index contributed by atoms with van der Waals surface area (Å²) in [5.74, 6) is -0.257. The molecular formula is C14H17ClN4O2S. The highest BCUT2D eigenvalue weighted by Gasteiger charge is 2.10. The van der Waals surface area contributed by atoms with Crippen molar-refractivity contribution in [3.05, 3.63) is 41.2 Å². The summed E-state index contributed by atoms with van der Waals surface area (Å²) >= 11 is 7.48. The number of carbonyl (C=O) groups is 1. The van der Waals surface area contributed by atoms with E-state index >= 15 is 0 Å². The zero-order chi connectivity index (χ0) is 15.9. The van der Waals surface area contributed by atoms with Crippen molar-refractivity contribution in [2.45, 2.75) is 13.0 Å². The molecule has 0 aliphatic rings. The maximum Gasteiger partial charge on any atom is 0.258 e. The van der Waals surface area contributed by atoms with Gasteiger partial charge in [0.05, 0.1) is 11.8 Å². The van der Waals surface area contributed by atoms with Gasteiger partial charge in [0.15, 0.2) is 0 Å². The van der Waals surface area contributed by atoms with Gasteiger partial charge in [-0.1, -0.05) is 23.5 Å². The van der Waals surface area contributed by atoms with E-state index in [0.717, 1.165) is 5.69 Å². The van der Waals surface area contributed by atoms with Crippen molar-refractivity contribution in [3.8, 4) is 0 Å². The molecule has 0 fully saturated rings. The summed E-state index contributed by atoms with van der Waals surface area (Å²) in [6.45, 7) is 0.665. The van der Waals surface area contributed by atoms with Crippen LogP contribution in [0, 0.1) is 0 Å². The molecule has 0 atom stereocenters. The van der Waals surface area contributed by atoms with E-state index in [1.165, 1.54) is 18.1 Å². The second-order valence-electron chi connectivity index (χ2n) is 4.56. The van der Waals surface area contributed by atoms with Crippen molar-refractivity contribution >= 4 is 40.8 Å². The Morgan fingerprint density at radius 1 is 1.41 bits per heavy atom. The second-order valence-corrected chi connectivity index (χ2v) is 5.61. The van der Waals surface area contributed by atoms with Crippen LogP contribution in [0.1, 0.15) is 16.8 Å². The van der Waals surface area contributed by atoms with Gasteiger partial charge in [0.25, 0.3) is 5.91 Å². The third kappa shape index (κ3) is 4.66. The highest BCUT2D eigenvalue weighted by molar-refractivity contribution is 7.99. The Morgan fingerprint density at radius 2 is 2.18 bits per heavy atom. The Labute approximate surface area is 138 Å². The summed E-state index contributed by atoms with van der Waals surface area (Å²) in [7, 11) is 0. The Bertz CT molecular complexity index is 648. The summed E-state index contributed by atoms with van der Waals surface area (Å²) in [6, 6.07) is 5.26. The quantitative estimate of drug-likeness (QED) is 0.675. The minimum absolute atomic E-state index is 0.0924. The number of nitrogens with one attached hydrogen (secondary N) is 2. The monoisotopic (exact) mass is 340 g/mol. The van der Waals surface area contributed by atoms with E-state index in [0.29, 0.717) is 29.2 Å². The third-order valence-corrected chi connectivity index (χ3v) is 3.47. The molecule has 0 bridgehead atoms. The van der Waals surface area contributed by atoms with Crippen molar-refractivity contribution in [2.24, 2.45) is 0 Å². The normalized spacial score (nSPS) is 10.5. The first-order chi connectivity index (χ1) is 10.6. The van der Waals surface area contributed by atoms with Gasteiger partial charge in [-0.2, -0.15) is 5.10 Å². The van der Waals surface area contributed by atoms with Crippen molar-refractivity contribution in [2.75, 3.05) is 22.9 Å². The smallest absolute Gasteiger partial charge is 0.258 e. The lowest BCUT2D eigenvalue weighted by molar-refractivity contribution is 0.102. The molecule has 1 heterocycles. The van der Waals surface area contributed by atoms with E-state index < -0.39 is 0 Å². The fourth-order valence-corrected chi connectivity index (χ4v) is 2.47. The van der Waals surface area contributed by atoms with Gasteiger partial charge in [0.1, 0.15) is 0 Å². The summed E-state index contributed by atoms with van der Waals surface area (Å²) in [4.78, 5) is 12.2. The number of carbonyl (C=O) groups excluding carboxylic acids is 1.